The van der Waals surface area contributed by atoms with Gasteiger partial charge in [-0.15, -0.1) is 0 Å². The SMILES string of the molecule is O=c1c2oc3ccccc3c2ncn1Cc1cc(Cl)c2c(c1)OCCO2. The molecule has 1 aliphatic rings. The molecule has 7 heteroatoms. The number of hydrogen-bond donors (Lipinski definition) is 0. The first-order chi connectivity index (χ1) is 12.7. The smallest absolute Gasteiger partial charge is 0.297 e. The van der Waals surface area contributed by atoms with Crippen molar-refractivity contribution in [2.75, 3.05) is 13.2 Å². The first kappa shape index (κ1) is 15.3. The van der Waals surface area contributed by atoms with E-state index >= 15 is 0 Å². The molecule has 0 saturated heterocycles. The molecule has 26 heavy (non-hydrogen) atoms. The van der Waals surface area contributed by atoms with Crippen molar-refractivity contribution in [2.45, 2.75) is 6.54 Å². The average molecular weight is 369 g/mol. The van der Waals surface area contributed by atoms with Gasteiger partial charge in [0.1, 0.15) is 24.3 Å². The maximum absolute atomic E-state index is 12.8. The standard InChI is InChI=1S/C19H13ClN2O4/c20-13-7-11(8-15-17(13)25-6-5-24-15)9-22-10-21-16-12-3-1-2-4-14(12)26-18(16)19(22)23/h1-4,7-8,10H,5-6,9H2. The zero-order valence-electron chi connectivity index (χ0n) is 13.6. The zero-order chi connectivity index (χ0) is 17.7. The van der Waals surface area contributed by atoms with Gasteiger partial charge in [-0.2, -0.15) is 0 Å². The Balaban J connectivity index is 1.60. The molecule has 0 aliphatic carbocycles. The molecule has 1 aliphatic heterocycles. The molecule has 0 amide bonds. The molecular formula is C19H13ClN2O4. The van der Waals surface area contributed by atoms with Gasteiger partial charge >= 0.3 is 0 Å². The highest BCUT2D eigenvalue weighted by Crippen LogP contribution is 2.38. The largest absolute Gasteiger partial charge is 0.486 e. The van der Waals surface area contributed by atoms with Crippen LogP contribution in [0.5, 0.6) is 11.5 Å². The molecule has 0 radical (unpaired) electrons. The predicted octanol–water partition coefficient (Wildman–Crippen LogP) is 3.62. The fourth-order valence-corrected chi connectivity index (χ4v) is 3.47. The average Bonchev–Trinajstić information content (AvgIpc) is 3.04. The van der Waals surface area contributed by atoms with Crippen LogP contribution in [0, 0.1) is 0 Å². The lowest BCUT2D eigenvalue weighted by Gasteiger charge is -2.20. The molecule has 130 valence electrons. The number of rotatable bonds is 2. The van der Waals surface area contributed by atoms with Gasteiger partial charge in [-0.1, -0.05) is 23.7 Å². The highest BCUT2D eigenvalue weighted by molar-refractivity contribution is 6.32. The van der Waals surface area contributed by atoms with Crippen LogP contribution in [-0.2, 0) is 6.54 Å². The van der Waals surface area contributed by atoms with Gasteiger partial charge in [-0.05, 0) is 29.8 Å². The third-order valence-electron chi connectivity index (χ3n) is 4.36. The van der Waals surface area contributed by atoms with Crippen LogP contribution in [0.1, 0.15) is 5.56 Å². The van der Waals surface area contributed by atoms with E-state index in [9.17, 15) is 4.79 Å². The Morgan fingerprint density at radius 1 is 1.15 bits per heavy atom. The third kappa shape index (κ3) is 2.34. The van der Waals surface area contributed by atoms with Gasteiger partial charge in [-0.25, -0.2) is 4.98 Å². The fourth-order valence-electron chi connectivity index (χ4n) is 3.18. The zero-order valence-corrected chi connectivity index (χ0v) is 14.3. The summed E-state index contributed by atoms with van der Waals surface area (Å²) in [6.45, 7) is 1.24. The molecule has 0 atom stereocenters. The van der Waals surface area contributed by atoms with E-state index in [1.54, 1.807) is 6.07 Å². The lowest BCUT2D eigenvalue weighted by atomic mass is 10.2. The number of nitrogens with zero attached hydrogens (tertiary/aromatic N) is 2. The number of hydrogen-bond acceptors (Lipinski definition) is 5. The van der Waals surface area contributed by atoms with Crippen molar-refractivity contribution in [1.82, 2.24) is 9.55 Å². The summed E-state index contributed by atoms with van der Waals surface area (Å²) in [5.41, 5.74) is 2.04. The van der Waals surface area contributed by atoms with Crippen molar-refractivity contribution in [1.29, 1.82) is 0 Å². The van der Waals surface area contributed by atoms with Crippen LogP contribution >= 0.6 is 11.6 Å². The second kappa shape index (κ2) is 5.78. The van der Waals surface area contributed by atoms with E-state index in [1.807, 2.05) is 30.3 Å². The monoisotopic (exact) mass is 368 g/mol. The van der Waals surface area contributed by atoms with Crippen molar-refractivity contribution in [2.24, 2.45) is 0 Å². The van der Waals surface area contributed by atoms with E-state index in [1.165, 1.54) is 10.9 Å². The van der Waals surface area contributed by atoms with E-state index in [-0.39, 0.29) is 11.1 Å². The van der Waals surface area contributed by atoms with Gasteiger partial charge in [0.15, 0.2) is 11.5 Å². The molecule has 5 rings (SSSR count). The molecular weight excluding hydrogens is 356 g/mol. The summed E-state index contributed by atoms with van der Waals surface area (Å²) < 4.78 is 18.3. The molecule has 3 heterocycles. The predicted molar refractivity (Wildman–Crippen MR) is 97.3 cm³/mol. The molecule has 4 aromatic rings. The van der Waals surface area contributed by atoms with Gasteiger partial charge in [0, 0.05) is 5.39 Å². The highest BCUT2D eigenvalue weighted by Gasteiger charge is 2.18. The number of fused-ring (bicyclic) bond motifs is 4. The van der Waals surface area contributed by atoms with Gasteiger partial charge in [0.05, 0.1) is 17.9 Å². The summed E-state index contributed by atoms with van der Waals surface area (Å²) >= 11 is 6.28. The molecule has 2 aromatic carbocycles. The highest BCUT2D eigenvalue weighted by atomic mass is 35.5. The molecule has 0 N–H and O–H groups in total. The normalized spacial score (nSPS) is 13.4. The summed E-state index contributed by atoms with van der Waals surface area (Å²) in [5, 5.41) is 1.29. The third-order valence-corrected chi connectivity index (χ3v) is 4.64. The second-order valence-corrected chi connectivity index (χ2v) is 6.46. The summed E-state index contributed by atoms with van der Waals surface area (Å²) in [7, 11) is 0. The molecule has 0 fully saturated rings. The van der Waals surface area contributed by atoms with Crippen LogP contribution in [0.2, 0.25) is 5.02 Å². The van der Waals surface area contributed by atoms with Crippen LogP contribution in [0.15, 0.2) is 51.9 Å². The van der Waals surface area contributed by atoms with E-state index in [0.717, 1.165) is 10.9 Å². The maximum atomic E-state index is 12.8. The van der Waals surface area contributed by atoms with Crippen molar-refractivity contribution in [3.8, 4) is 11.5 Å². The summed E-state index contributed by atoms with van der Waals surface area (Å²) in [4.78, 5) is 17.2. The van der Waals surface area contributed by atoms with Crippen LogP contribution in [-0.4, -0.2) is 22.8 Å². The maximum Gasteiger partial charge on any atom is 0.297 e. The first-order valence-electron chi connectivity index (χ1n) is 8.15. The Bertz CT molecular complexity index is 1210. The molecule has 0 spiro atoms. The summed E-state index contributed by atoms with van der Waals surface area (Å²) in [6, 6.07) is 11.1. The van der Waals surface area contributed by atoms with Crippen molar-refractivity contribution in [3.63, 3.8) is 0 Å². The van der Waals surface area contributed by atoms with Crippen LogP contribution in [0.3, 0.4) is 0 Å². The molecule has 6 nitrogen and oxygen atoms in total. The number of benzene rings is 2. The Hall–Kier alpha value is -2.99. The number of halogens is 1. The lowest BCUT2D eigenvalue weighted by Crippen LogP contribution is -2.21. The number of para-hydroxylation sites is 1. The summed E-state index contributed by atoms with van der Waals surface area (Å²) in [5.74, 6) is 1.13. The van der Waals surface area contributed by atoms with Crippen LogP contribution in [0.4, 0.5) is 0 Å². The van der Waals surface area contributed by atoms with Gasteiger partial charge in [-0.3, -0.25) is 9.36 Å². The Labute approximate surface area is 152 Å². The Morgan fingerprint density at radius 3 is 2.92 bits per heavy atom. The lowest BCUT2D eigenvalue weighted by molar-refractivity contribution is 0.171. The molecule has 0 bridgehead atoms. The number of aromatic nitrogens is 2. The molecule has 0 saturated carbocycles. The van der Waals surface area contributed by atoms with E-state index < -0.39 is 0 Å². The minimum absolute atomic E-state index is 0.239. The van der Waals surface area contributed by atoms with Crippen molar-refractivity contribution in [3.05, 3.63) is 63.7 Å². The fraction of sp³-hybridized carbons (Fsp3) is 0.158. The quantitative estimate of drug-likeness (QED) is 0.540. The van der Waals surface area contributed by atoms with Crippen molar-refractivity contribution < 1.29 is 13.9 Å². The van der Waals surface area contributed by atoms with E-state index in [0.29, 0.717) is 47.4 Å². The van der Waals surface area contributed by atoms with Gasteiger partial charge in [0.25, 0.3) is 5.56 Å². The minimum Gasteiger partial charge on any atom is -0.486 e. The van der Waals surface area contributed by atoms with Crippen molar-refractivity contribution >= 4 is 33.7 Å². The molecule has 0 unspecified atom stereocenters. The van der Waals surface area contributed by atoms with Crippen LogP contribution < -0.4 is 15.0 Å². The Morgan fingerprint density at radius 2 is 2.00 bits per heavy atom. The van der Waals surface area contributed by atoms with E-state index in [4.69, 9.17) is 25.5 Å². The Kier molecular flexibility index (Phi) is 3.39. The van der Waals surface area contributed by atoms with Gasteiger partial charge < -0.3 is 13.9 Å². The second-order valence-electron chi connectivity index (χ2n) is 6.06. The summed E-state index contributed by atoms with van der Waals surface area (Å²) in [6.07, 6.45) is 1.53. The van der Waals surface area contributed by atoms with Gasteiger partial charge in [0.2, 0.25) is 5.58 Å². The topological polar surface area (TPSA) is 66.5 Å². The first-order valence-corrected chi connectivity index (χ1v) is 8.53. The van der Waals surface area contributed by atoms with Crippen LogP contribution in [0.25, 0.3) is 22.1 Å². The molecule has 2 aromatic heterocycles. The van der Waals surface area contributed by atoms with E-state index in [2.05, 4.69) is 4.98 Å². The number of furan rings is 1. The number of ether oxygens (including phenoxy) is 2. The minimum atomic E-state index is -0.239.